The highest BCUT2D eigenvalue weighted by Gasteiger charge is 2.11. The van der Waals surface area contributed by atoms with Crippen LogP contribution in [0.4, 0.5) is 0 Å². The number of carbonyl (C=O) groups is 1. The summed E-state index contributed by atoms with van der Waals surface area (Å²) in [5.41, 5.74) is 1.80. The van der Waals surface area contributed by atoms with E-state index in [4.69, 9.17) is 4.42 Å². The molecule has 1 aromatic carbocycles. The molecule has 86 valence electrons. The van der Waals surface area contributed by atoms with Crippen molar-refractivity contribution in [1.82, 2.24) is 0 Å². The van der Waals surface area contributed by atoms with Crippen LogP contribution in [0.1, 0.15) is 16.9 Å². The molecule has 0 saturated heterocycles. The molecular formula is C14H12O3. The van der Waals surface area contributed by atoms with Crippen molar-refractivity contribution in [2.75, 3.05) is 0 Å². The van der Waals surface area contributed by atoms with Crippen LogP contribution in [0.3, 0.4) is 0 Å². The SMILES string of the molecule is Cc1ccoc1/C=C(/C(=O)O)c1ccccc1. The van der Waals surface area contributed by atoms with Crippen molar-refractivity contribution in [1.29, 1.82) is 0 Å². The van der Waals surface area contributed by atoms with Gasteiger partial charge in [-0.15, -0.1) is 0 Å². The van der Waals surface area contributed by atoms with Gasteiger partial charge in [0.2, 0.25) is 0 Å². The summed E-state index contributed by atoms with van der Waals surface area (Å²) in [5, 5.41) is 9.21. The van der Waals surface area contributed by atoms with Gasteiger partial charge in [-0.1, -0.05) is 30.3 Å². The van der Waals surface area contributed by atoms with Crippen molar-refractivity contribution in [2.24, 2.45) is 0 Å². The Morgan fingerprint density at radius 2 is 1.94 bits per heavy atom. The maximum absolute atomic E-state index is 11.2. The first-order valence-electron chi connectivity index (χ1n) is 5.23. The summed E-state index contributed by atoms with van der Waals surface area (Å²) in [6.45, 7) is 1.87. The summed E-state index contributed by atoms with van der Waals surface area (Å²) in [4.78, 5) is 11.2. The summed E-state index contributed by atoms with van der Waals surface area (Å²) < 4.78 is 5.23. The normalized spacial score (nSPS) is 11.5. The minimum absolute atomic E-state index is 0.226. The fourth-order valence-corrected chi connectivity index (χ4v) is 1.55. The Morgan fingerprint density at radius 3 is 2.47 bits per heavy atom. The zero-order valence-electron chi connectivity index (χ0n) is 9.38. The minimum atomic E-state index is -0.966. The molecular weight excluding hydrogens is 216 g/mol. The molecule has 0 unspecified atom stereocenters. The van der Waals surface area contributed by atoms with E-state index in [9.17, 15) is 9.90 Å². The molecule has 0 amide bonds. The van der Waals surface area contributed by atoms with Gasteiger partial charge in [0.15, 0.2) is 0 Å². The van der Waals surface area contributed by atoms with E-state index in [-0.39, 0.29) is 5.57 Å². The third kappa shape index (κ3) is 2.45. The molecule has 2 rings (SSSR count). The summed E-state index contributed by atoms with van der Waals surface area (Å²) >= 11 is 0. The summed E-state index contributed by atoms with van der Waals surface area (Å²) in [5.74, 6) is -0.391. The Labute approximate surface area is 99.0 Å². The van der Waals surface area contributed by atoms with E-state index in [0.29, 0.717) is 11.3 Å². The molecule has 1 heterocycles. The van der Waals surface area contributed by atoms with E-state index >= 15 is 0 Å². The second-order valence-electron chi connectivity index (χ2n) is 3.70. The lowest BCUT2D eigenvalue weighted by molar-refractivity contribution is -0.130. The molecule has 1 aromatic heterocycles. The molecule has 0 spiro atoms. The molecule has 0 aliphatic heterocycles. The van der Waals surface area contributed by atoms with Gasteiger partial charge in [0.05, 0.1) is 11.8 Å². The Balaban J connectivity index is 2.47. The van der Waals surface area contributed by atoms with Gasteiger partial charge in [0.25, 0.3) is 0 Å². The standard InChI is InChI=1S/C14H12O3/c1-10-7-8-17-13(10)9-12(14(15)16)11-5-3-2-4-6-11/h2-9H,1H3,(H,15,16)/b12-9+. The van der Waals surface area contributed by atoms with Crippen molar-refractivity contribution >= 4 is 17.6 Å². The Morgan fingerprint density at radius 1 is 1.24 bits per heavy atom. The average molecular weight is 228 g/mol. The predicted molar refractivity (Wildman–Crippen MR) is 65.4 cm³/mol. The second kappa shape index (κ2) is 4.70. The number of aliphatic carboxylic acids is 1. The first-order chi connectivity index (χ1) is 8.18. The van der Waals surface area contributed by atoms with Crippen LogP contribution < -0.4 is 0 Å². The monoisotopic (exact) mass is 228 g/mol. The summed E-state index contributed by atoms with van der Waals surface area (Å²) in [6, 6.07) is 10.8. The second-order valence-corrected chi connectivity index (χ2v) is 3.70. The molecule has 1 N–H and O–H groups in total. The summed E-state index contributed by atoms with van der Waals surface area (Å²) in [6.07, 6.45) is 3.10. The molecule has 17 heavy (non-hydrogen) atoms. The van der Waals surface area contributed by atoms with Gasteiger partial charge >= 0.3 is 5.97 Å². The largest absolute Gasteiger partial charge is 0.478 e. The maximum Gasteiger partial charge on any atom is 0.336 e. The molecule has 0 saturated carbocycles. The fraction of sp³-hybridized carbons (Fsp3) is 0.0714. The molecule has 0 aliphatic carbocycles. The topological polar surface area (TPSA) is 50.4 Å². The van der Waals surface area contributed by atoms with Gasteiger partial charge in [-0.25, -0.2) is 4.79 Å². The van der Waals surface area contributed by atoms with Crippen LogP contribution >= 0.6 is 0 Å². The lowest BCUT2D eigenvalue weighted by Gasteiger charge is -2.01. The van der Waals surface area contributed by atoms with E-state index in [1.54, 1.807) is 42.7 Å². The lowest BCUT2D eigenvalue weighted by Crippen LogP contribution is -1.99. The van der Waals surface area contributed by atoms with Gasteiger partial charge in [-0.2, -0.15) is 0 Å². The Hall–Kier alpha value is -2.29. The van der Waals surface area contributed by atoms with Gasteiger partial charge in [-0.3, -0.25) is 0 Å². The molecule has 0 bridgehead atoms. The van der Waals surface area contributed by atoms with Gasteiger partial charge in [-0.05, 0) is 30.2 Å². The predicted octanol–water partition coefficient (Wildman–Crippen LogP) is 3.21. The molecule has 0 radical (unpaired) electrons. The number of hydrogen-bond acceptors (Lipinski definition) is 2. The maximum atomic E-state index is 11.2. The zero-order chi connectivity index (χ0) is 12.3. The van der Waals surface area contributed by atoms with Crippen LogP contribution in [-0.2, 0) is 4.79 Å². The fourth-order valence-electron chi connectivity index (χ4n) is 1.55. The van der Waals surface area contributed by atoms with Crippen LogP contribution in [0.15, 0.2) is 47.1 Å². The van der Waals surface area contributed by atoms with Crippen molar-refractivity contribution < 1.29 is 14.3 Å². The van der Waals surface area contributed by atoms with Gasteiger partial charge < -0.3 is 9.52 Å². The van der Waals surface area contributed by atoms with Crippen molar-refractivity contribution in [2.45, 2.75) is 6.92 Å². The van der Waals surface area contributed by atoms with Crippen LogP contribution in [-0.4, -0.2) is 11.1 Å². The van der Waals surface area contributed by atoms with Crippen LogP contribution in [0, 0.1) is 6.92 Å². The Kier molecular flexibility index (Phi) is 3.10. The van der Waals surface area contributed by atoms with E-state index in [0.717, 1.165) is 5.56 Å². The highest BCUT2D eigenvalue weighted by atomic mass is 16.4. The Bertz CT molecular complexity index is 550. The number of carboxylic acid groups (broad SMARTS) is 1. The smallest absolute Gasteiger partial charge is 0.336 e. The number of carboxylic acids is 1. The number of hydrogen-bond donors (Lipinski definition) is 1. The first-order valence-corrected chi connectivity index (χ1v) is 5.23. The molecule has 3 heteroatoms. The van der Waals surface area contributed by atoms with E-state index in [1.807, 2.05) is 13.0 Å². The third-order valence-electron chi connectivity index (χ3n) is 2.49. The number of furan rings is 1. The number of aryl methyl sites for hydroxylation is 1. The number of benzene rings is 1. The van der Waals surface area contributed by atoms with E-state index in [1.165, 1.54) is 0 Å². The van der Waals surface area contributed by atoms with Gasteiger partial charge in [0, 0.05) is 0 Å². The van der Waals surface area contributed by atoms with Gasteiger partial charge in [0.1, 0.15) is 5.76 Å². The molecule has 3 nitrogen and oxygen atoms in total. The molecule has 2 aromatic rings. The quantitative estimate of drug-likeness (QED) is 0.820. The van der Waals surface area contributed by atoms with Crippen LogP contribution in [0.25, 0.3) is 11.6 Å². The summed E-state index contributed by atoms with van der Waals surface area (Å²) in [7, 11) is 0. The van der Waals surface area contributed by atoms with Crippen LogP contribution in [0.2, 0.25) is 0 Å². The zero-order valence-corrected chi connectivity index (χ0v) is 9.38. The first kappa shape index (κ1) is 11.2. The molecule has 0 atom stereocenters. The van der Waals surface area contributed by atoms with E-state index in [2.05, 4.69) is 0 Å². The average Bonchev–Trinajstić information content (AvgIpc) is 2.72. The highest BCUT2D eigenvalue weighted by Crippen LogP contribution is 2.20. The highest BCUT2D eigenvalue weighted by molar-refractivity contribution is 6.20. The van der Waals surface area contributed by atoms with E-state index < -0.39 is 5.97 Å². The lowest BCUT2D eigenvalue weighted by atomic mass is 10.0. The molecule has 0 fully saturated rings. The minimum Gasteiger partial charge on any atom is -0.478 e. The van der Waals surface area contributed by atoms with Crippen molar-refractivity contribution in [3.05, 3.63) is 59.5 Å². The van der Waals surface area contributed by atoms with Crippen molar-refractivity contribution in [3.8, 4) is 0 Å². The van der Waals surface area contributed by atoms with Crippen molar-refractivity contribution in [3.63, 3.8) is 0 Å². The molecule has 0 aliphatic rings. The van der Waals surface area contributed by atoms with Crippen LogP contribution in [0.5, 0.6) is 0 Å². The third-order valence-corrected chi connectivity index (χ3v) is 2.49. The number of rotatable bonds is 3.